The monoisotopic (exact) mass is 452 g/mol. The maximum Gasteiger partial charge on any atom is 0.407 e. The highest BCUT2D eigenvalue weighted by Crippen LogP contribution is 2.44. The fraction of sp³-hybridized carbons (Fsp3) is 0.400. The second-order valence-electron chi connectivity index (χ2n) is 8.68. The number of carbonyl (C=O) groups excluding carboxylic acids is 2. The summed E-state index contributed by atoms with van der Waals surface area (Å²) >= 11 is 0. The van der Waals surface area contributed by atoms with E-state index in [1.807, 2.05) is 24.3 Å². The second kappa shape index (κ2) is 10.0. The van der Waals surface area contributed by atoms with E-state index in [-0.39, 0.29) is 49.8 Å². The van der Waals surface area contributed by atoms with Gasteiger partial charge in [0, 0.05) is 31.4 Å². The quantitative estimate of drug-likeness (QED) is 0.464. The number of amides is 2. The summed E-state index contributed by atoms with van der Waals surface area (Å²) in [5.74, 6) is -1.45. The van der Waals surface area contributed by atoms with E-state index in [0.29, 0.717) is 12.8 Å². The number of carboxylic acids is 1. The fourth-order valence-corrected chi connectivity index (χ4v) is 4.73. The fourth-order valence-electron chi connectivity index (χ4n) is 4.73. The molecule has 1 saturated carbocycles. The number of fused-ring (bicyclic) bond motifs is 3. The first kappa shape index (κ1) is 22.8. The van der Waals surface area contributed by atoms with E-state index >= 15 is 0 Å². The first-order chi connectivity index (χ1) is 16.0. The Kier molecular flexibility index (Phi) is 6.93. The van der Waals surface area contributed by atoms with Crippen molar-refractivity contribution >= 4 is 18.0 Å². The van der Waals surface area contributed by atoms with Crippen LogP contribution in [0, 0.1) is 5.92 Å². The standard InChI is InChI=1S/C25H28N2O6/c28-10-9-22(24(30)31)27-23(29)13-15-11-16(12-15)26-25(32)33-14-21-19-7-3-1-5-17(19)18-6-2-4-8-20(18)21/h1-8,15-16,21-22,28H,9-14H2,(H,26,32)(H,27,29)(H,30,31). The normalized spacial score (nSPS) is 19.5. The summed E-state index contributed by atoms with van der Waals surface area (Å²) in [5, 5.41) is 23.2. The van der Waals surface area contributed by atoms with Crippen LogP contribution in [0.15, 0.2) is 48.5 Å². The summed E-state index contributed by atoms with van der Waals surface area (Å²) in [6.07, 6.45) is 0.958. The molecule has 2 aliphatic carbocycles. The average molecular weight is 453 g/mol. The molecule has 2 aromatic carbocycles. The van der Waals surface area contributed by atoms with Gasteiger partial charge in [-0.3, -0.25) is 4.79 Å². The number of aliphatic hydroxyl groups is 1. The second-order valence-corrected chi connectivity index (χ2v) is 8.68. The molecule has 1 fully saturated rings. The lowest BCUT2D eigenvalue weighted by Gasteiger charge is -2.35. The van der Waals surface area contributed by atoms with Gasteiger partial charge in [-0.1, -0.05) is 48.5 Å². The van der Waals surface area contributed by atoms with Gasteiger partial charge in [-0.15, -0.1) is 0 Å². The molecule has 0 aromatic heterocycles. The van der Waals surface area contributed by atoms with Gasteiger partial charge < -0.3 is 25.6 Å². The van der Waals surface area contributed by atoms with Gasteiger partial charge in [0.1, 0.15) is 12.6 Å². The molecule has 0 saturated heterocycles. The van der Waals surface area contributed by atoms with Gasteiger partial charge >= 0.3 is 12.1 Å². The SMILES string of the molecule is O=C(CC1CC(NC(=O)OCC2c3ccccc3-c3ccccc32)C1)NC(CCO)C(=O)O. The molecule has 2 aromatic rings. The number of carboxylic acid groups (broad SMARTS) is 1. The van der Waals surface area contributed by atoms with E-state index in [2.05, 4.69) is 34.9 Å². The molecule has 1 unspecified atom stereocenters. The molecule has 0 radical (unpaired) electrons. The Balaban J connectivity index is 1.22. The van der Waals surface area contributed by atoms with Crippen molar-refractivity contribution in [2.45, 2.75) is 43.7 Å². The highest BCUT2D eigenvalue weighted by atomic mass is 16.5. The summed E-state index contributed by atoms with van der Waals surface area (Å²) in [6, 6.07) is 15.2. The van der Waals surface area contributed by atoms with Gasteiger partial charge in [0.25, 0.3) is 0 Å². The third kappa shape index (κ3) is 5.17. The summed E-state index contributed by atoms with van der Waals surface area (Å²) in [5.41, 5.74) is 4.65. The van der Waals surface area contributed by atoms with Gasteiger partial charge in [-0.25, -0.2) is 9.59 Å². The lowest BCUT2D eigenvalue weighted by atomic mass is 9.78. The Bertz CT molecular complexity index is 988. The Morgan fingerprint density at radius 3 is 2.18 bits per heavy atom. The molecule has 33 heavy (non-hydrogen) atoms. The third-order valence-electron chi connectivity index (χ3n) is 6.43. The number of benzene rings is 2. The summed E-state index contributed by atoms with van der Waals surface area (Å²) < 4.78 is 5.55. The molecule has 2 aliphatic rings. The van der Waals surface area contributed by atoms with Crippen LogP contribution in [0.2, 0.25) is 0 Å². The van der Waals surface area contributed by atoms with E-state index in [1.54, 1.807) is 0 Å². The van der Waals surface area contributed by atoms with Crippen molar-refractivity contribution in [3.05, 3.63) is 59.7 Å². The zero-order chi connectivity index (χ0) is 23.4. The van der Waals surface area contributed by atoms with Crippen molar-refractivity contribution < 1.29 is 29.3 Å². The van der Waals surface area contributed by atoms with E-state index in [1.165, 1.54) is 11.1 Å². The van der Waals surface area contributed by atoms with E-state index in [4.69, 9.17) is 14.9 Å². The van der Waals surface area contributed by atoms with Crippen LogP contribution in [0.1, 0.15) is 42.7 Å². The topological polar surface area (TPSA) is 125 Å². The van der Waals surface area contributed by atoms with Crippen LogP contribution in [0.5, 0.6) is 0 Å². The number of nitrogens with one attached hydrogen (secondary N) is 2. The van der Waals surface area contributed by atoms with Crippen molar-refractivity contribution in [1.82, 2.24) is 10.6 Å². The predicted octanol–water partition coefficient (Wildman–Crippen LogP) is 2.65. The van der Waals surface area contributed by atoms with Crippen molar-refractivity contribution in [2.24, 2.45) is 5.92 Å². The number of aliphatic carboxylic acids is 1. The van der Waals surface area contributed by atoms with Gasteiger partial charge in [-0.05, 0) is 41.0 Å². The van der Waals surface area contributed by atoms with Crippen molar-refractivity contribution in [1.29, 1.82) is 0 Å². The minimum absolute atomic E-state index is 0.00193. The van der Waals surface area contributed by atoms with Crippen LogP contribution in [-0.4, -0.2) is 53.5 Å². The number of carbonyl (C=O) groups is 3. The molecule has 8 heteroatoms. The number of ether oxygens (including phenoxy) is 1. The first-order valence-electron chi connectivity index (χ1n) is 11.2. The average Bonchev–Trinajstić information content (AvgIpc) is 3.09. The summed E-state index contributed by atoms with van der Waals surface area (Å²) in [7, 11) is 0. The van der Waals surface area contributed by atoms with E-state index in [0.717, 1.165) is 11.1 Å². The molecule has 4 rings (SSSR count). The van der Waals surface area contributed by atoms with Crippen LogP contribution in [0.3, 0.4) is 0 Å². The molecular weight excluding hydrogens is 424 g/mol. The lowest BCUT2D eigenvalue weighted by Crippen LogP contribution is -2.47. The Morgan fingerprint density at radius 2 is 1.61 bits per heavy atom. The molecule has 174 valence electrons. The van der Waals surface area contributed by atoms with Crippen LogP contribution in [-0.2, 0) is 14.3 Å². The molecule has 8 nitrogen and oxygen atoms in total. The third-order valence-corrected chi connectivity index (χ3v) is 6.43. The van der Waals surface area contributed by atoms with Crippen LogP contribution in [0.25, 0.3) is 11.1 Å². The number of hydrogen-bond donors (Lipinski definition) is 4. The first-order valence-corrected chi connectivity index (χ1v) is 11.2. The van der Waals surface area contributed by atoms with E-state index in [9.17, 15) is 14.4 Å². The van der Waals surface area contributed by atoms with Gasteiger partial charge in [-0.2, -0.15) is 0 Å². The van der Waals surface area contributed by atoms with Crippen molar-refractivity contribution in [3.8, 4) is 11.1 Å². The Hall–Kier alpha value is -3.39. The lowest BCUT2D eigenvalue weighted by molar-refractivity contribution is -0.142. The van der Waals surface area contributed by atoms with Crippen molar-refractivity contribution in [3.63, 3.8) is 0 Å². The minimum Gasteiger partial charge on any atom is -0.480 e. The van der Waals surface area contributed by atoms with Crippen LogP contribution in [0.4, 0.5) is 4.79 Å². The van der Waals surface area contributed by atoms with Crippen molar-refractivity contribution in [2.75, 3.05) is 13.2 Å². The molecule has 4 N–H and O–H groups in total. The van der Waals surface area contributed by atoms with Gasteiger partial charge in [0.15, 0.2) is 0 Å². The maximum absolute atomic E-state index is 12.3. The zero-order valence-corrected chi connectivity index (χ0v) is 18.2. The summed E-state index contributed by atoms with van der Waals surface area (Å²) in [6.45, 7) is -0.0628. The summed E-state index contributed by atoms with van der Waals surface area (Å²) in [4.78, 5) is 35.5. The smallest absolute Gasteiger partial charge is 0.407 e. The van der Waals surface area contributed by atoms with Gasteiger partial charge in [0.2, 0.25) is 5.91 Å². The van der Waals surface area contributed by atoms with E-state index < -0.39 is 18.1 Å². The predicted molar refractivity (Wildman–Crippen MR) is 121 cm³/mol. The molecule has 0 heterocycles. The molecule has 2 amide bonds. The zero-order valence-electron chi connectivity index (χ0n) is 18.2. The molecule has 0 bridgehead atoms. The number of rotatable bonds is 9. The Morgan fingerprint density at radius 1 is 1.00 bits per heavy atom. The number of aliphatic hydroxyl groups excluding tert-OH is 1. The highest BCUT2D eigenvalue weighted by Gasteiger charge is 2.34. The molecule has 0 aliphatic heterocycles. The number of hydrogen-bond acceptors (Lipinski definition) is 5. The van der Waals surface area contributed by atoms with Gasteiger partial charge in [0.05, 0.1) is 0 Å². The number of alkyl carbamates (subject to hydrolysis) is 1. The van der Waals surface area contributed by atoms with Crippen LogP contribution < -0.4 is 10.6 Å². The highest BCUT2D eigenvalue weighted by molar-refractivity contribution is 5.83. The molecular formula is C25H28N2O6. The minimum atomic E-state index is -1.17. The van der Waals surface area contributed by atoms with Crippen LogP contribution >= 0.6 is 0 Å². The largest absolute Gasteiger partial charge is 0.480 e. The molecule has 0 spiro atoms. The molecule has 1 atom stereocenters. The maximum atomic E-state index is 12.3. The Labute approximate surface area is 192 Å².